The van der Waals surface area contributed by atoms with Crippen LogP contribution < -0.4 is 5.73 Å². The summed E-state index contributed by atoms with van der Waals surface area (Å²) in [7, 11) is -3.35. The van der Waals surface area contributed by atoms with E-state index in [-0.39, 0.29) is 0 Å². The third kappa shape index (κ3) is 2.86. The van der Waals surface area contributed by atoms with E-state index in [1.54, 1.807) is 10.4 Å². The largest absolute Gasteiger partial charge is 0.326 e. The predicted molar refractivity (Wildman–Crippen MR) is 78.7 cm³/mol. The maximum atomic E-state index is 12.7. The van der Waals surface area contributed by atoms with Crippen LogP contribution in [0.3, 0.4) is 0 Å². The van der Waals surface area contributed by atoms with Crippen molar-refractivity contribution in [1.29, 1.82) is 0 Å². The molecule has 108 valence electrons. The van der Waals surface area contributed by atoms with E-state index >= 15 is 0 Å². The van der Waals surface area contributed by atoms with E-state index < -0.39 is 10.0 Å². The first kappa shape index (κ1) is 15.0. The molecule has 1 aliphatic rings. The van der Waals surface area contributed by atoms with Crippen LogP contribution in [0, 0.1) is 18.8 Å². The second-order valence-electron chi connectivity index (χ2n) is 5.44. The van der Waals surface area contributed by atoms with Gasteiger partial charge in [-0.1, -0.05) is 13.8 Å². The fourth-order valence-electron chi connectivity index (χ4n) is 2.46. The van der Waals surface area contributed by atoms with Crippen LogP contribution in [0.2, 0.25) is 0 Å². The van der Waals surface area contributed by atoms with Gasteiger partial charge in [0.1, 0.15) is 0 Å². The van der Waals surface area contributed by atoms with Gasteiger partial charge in [-0.15, -0.1) is 11.3 Å². The van der Waals surface area contributed by atoms with Crippen LogP contribution in [0.1, 0.15) is 30.0 Å². The van der Waals surface area contributed by atoms with Crippen molar-refractivity contribution in [2.24, 2.45) is 17.6 Å². The van der Waals surface area contributed by atoms with Gasteiger partial charge in [0.15, 0.2) is 0 Å². The molecule has 2 N–H and O–H groups in total. The van der Waals surface area contributed by atoms with Gasteiger partial charge in [-0.2, -0.15) is 4.31 Å². The summed E-state index contributed by atoms with van der Waals surface area (Å²) in [5, 5.41) is 0. The molecule has 1 aromatic rings. The maximum Gasteiger partial charge on any atom is 0.244 e. The summed E-state index contributed by atoms with van der Waals surface area (Å²) in [6.07, 6.45) is 0.938. The molecule has 2 unspecified atom stereocenters. The molecule has 2 heterocycles. The standard InChI is InChI=1S/C13H22N2O2S2/c1-9-4-5-15(8-10(9)2)19(16,17)13-6-12(7-14)18-11(13)3/h6,9-10H,4-5,7-8,14H2,1-3H3. The highest BCUT2D eigenvalue weighted by molar-refractivity contribution is 7.89. The molecule has 1 aromatic heterocycles. The Bertz CT molecular complexity index is 551. The average molecular weight is 302 g/mol. The fourth-order valence-corrected chi connectivity index (χ4v) is 5.50. The van der Waals surface area contributed by atoms with Gasteiger partial charge in [0.05, 0.1) is 4.90 Å². The Morgan fingerprint density at radius 2 is 2.11 bits per heavy atom. The van der Waals surface area contributed by atoms with Crippen LogP contribution in [0.5, 0.6) is 0 Å². The minimum absolute atomic E-state index is 0.397. The number of piperidine rings is 1. The normalized spacial score (nSPS) is 25.7. The van der Waals surface area contributed by atoms with E-state index in [2.05, 4.69) is 13.8 Å². The SMILES string of the molecule is Cc1sc(CN)cc1S(=O)(=O)N1CCC(C)C(C)C1. The minimum Gasteiger partial charge on any atom is -0.326 e. The van der Waals surface area contributed by atoms with Crippen LogP contribution >= 0.6 is 11.3 Å². The number of sulfonamides is 1. The monoisotopic (exact) mass is 302 g/mol. The van der Waals surface area contributed by atoms with Crippen molar-refractivity contribution in [3.8, 4) is 0 Å². The quantitative estimate of drug-likeness (QED) is 0.931. The van der Waals surface area contributed by atoms with E-state index in [0.29, 0.717) is 36.4 Å². The van der Waals surface area contributed by atoms with Crippen molar-refractivity contribution in [3.05, 3.63) is 15.8 Å². The van der Waals surface area contributed by atoms with Gasteiger partial charge >= 0.3 is 0 Å². The van der Waals surface area contributed by atoms with Gasteiger partial charge in [0.25, 0.3) is 0 Å². The van der Waals surface area contributed by atoms with Gasteiger partial charge in [-0.3, -0.25) is 0 Å². The summed E-state index contributed by atoms with van der Waals surface area (Å²) in [5.41, 5.74) is 5.60. The molecule has 0 saturated carbocycles. The molecule has 1 aliphatic heterocycles. The Balaban J connectivity index is 2.29. The summed E-state index contributed by atoms with van der Waals surface area (Å²) in [5.74, 6) is 1.01. The topological polar surface area (TPSA) is 63.4 Å². The highest BCUT2D eigenvalue weighted by Gasteiger charge is 2.33. The molecule has 0 aromatic carbocycles. The molecule has 6 heteroatoms. The van der Waals surface area contributed by atoms with E-state index in [0.717, 1.165) is 16.2 Å². The fraction of sp³-hybridized carbons (Fsp3) is 0.692. The van der Waals surface area contributed by atoms with Crippen molar-refractivity contribution in [3.63, 3.8) is 0 Å². The Hall–Kier alpha value is -0.430. The minimum atomic E-state index is -3.35. The zero-order chi connectivity index (χ0) is 14.2. The molecule has 0 bridgehead atoms. The number of aryl methyl sites for hydroxylation is 1. The van der Waals surface area contributed by atoms with Crippen LogP contribution in [0.25, 0.3) is 0 Å². The highest BCUT2D eigenvalue weighted by atomic mass is 32.2. The van der Waals surface area contributed by atoms with Crippen LogP contribution in [0.15, 0.2) is 11.0 Å². The molecule has 0 amide bonds. The summed E-state index contributed by atoms with van der Waals surface area (Å²) < 4.78 is 27.0. The zero-order valence-electron chi connectivity index (χ0n) is 11.7. The van der Waals surface area contributed by atoms with Crippen molar-refractivity contribution < 1.29 is 8.42 Å². The third-order valence-corrected chi connectivity index (χ3v) is 7.23. The molecule has 2 rings (SSSR count). The molecule has 4 nitrogen and oxygen atoms in total. The van der Waals surface area contributed by atoms with Crippen molar-refractivity contribution in [2.45, 2.75) is 38.6 Å². The van der Waals surface area contributed by atoms with Crippen molar-refractivity contribution >= 4 is 21.4 Å². The predicted octanol–water partition coefficient (Wildman–Crippen LogP) is 2.18. The summed E-state index contributed by atoms with van der Waals surface area (Å²) >= 11 is 1.48. The lowest BCUT2D eigenvalue weighted by molar-refractivity contribution is 0.212. The number of rotatable bonds is 3. The second-order valence-corrected chi connectivity index (χ2v) is 8.69. The van der Waals surface area contributed by atoms with Crippen molar-refractivity contribution in [1.82, 2.24) is 4.31 Å². The van der Waals surface area contributed by atoms with Crippen LogP contribution in [-0.2, 0) is 16.6 Å². The molecule has 0 spiro atoms. The van der Waals surface area contributed by atoms with E-state index in [1.165, 1.54) is 11.3 Å². The zero-order valence-corrected chi connectivity index (χ0v) is 13.4. The number of thiophene rings is 1. The Kier molecular flexibility index (Phi) is 4.35. The lowest BCUT2D eigenvalue weighted by atomic mass is 9.90. The van der Waals surface area contributed by atoms with E-state index in [9.17, 15) is 8.42 Å². The number of hydrogen-bond donors (Lipinski definition) is 1. The van der Waals surface area contributed by atoms with Gasteiger partial charge < -0.3 is 5.73 Å². The van der Waals surface area contributed by atoms with Crippen LogP contribution in [0.4, 0.5) is 0 Å². The van der Waals surface area contributed by atoms with Crippen molar-refractivity contribution in [2.75, 3.05) is 13.1 Å². The lowest BCUT2D eigenvalue weighted by Gasteiger charge is -2.34. The molecule has 19 heavy (non-hydrogen) atoms. The van der Waals surface area contributed by atoms with Gasteiger partial charge in [0.2, 0.25) is 10.0 Å². The van der Waals surface area contributed by atoms with Crippen LogP contribution in [-0.4, -0.2) is 25.8 Å². The first-order chi connectivity index (χ1) is 8.86. The number of nitrogens with zero attached hydrogens (tertiary/aromatic N) is 1. The molecule has 0 aliphatic carbocycles. The molecule has 1 fully saturated rings. The summed E-state index contributed by atoms with van der Waals surface area (Å²) in [4.78, 5) is 2.21. The maximum absolute atomic E-state index is 12.7. The Morgan fingerprint density at radius 3 is 2.63 bits per heavy atom. The molecule has 1 saturated heterocycles. The summed E-state index contributed by atoms with van der Waals surface area (Å²) in [6, 6.07) is 1.73. The number of hydrogen-bond acceptors (Lipinski definition) is 4. The smallest absolute Gasteiger partial charge is 0.244 e. The van der Waals surface area contributed by atoms with E-state index in [4.69, 9.17) is 5.73 Å². The molecule has 2 atom stereocenters. The van der Waals surface area contributed by atoms with Gasteiger partial charge in [0, 0.05) is 29.4 Å². The highest BCUT2D eigenvalue weighted by Crippen LogP contribution is 2.31. The van der Waals surface area contributed by atoms with E-state index in [1.807, 2.05) is 6.92 Å². The first-order valence-electron chi connectivity index (χ1n) is 6.65. The van der Waals surface area contributed by atoms with Gasteiger partial charge in [-0.05, 0) is 31.2 Å². The number of nitrogens with two attached hydrogens (primary N) is 1. The Morgan fingerprint density at radius 1 is 1.42 bits per heavy atom. The summed E-state index contributed by atoms with van der Waals surface area (Å²) in [6.45, 7) is 7.81. The second kappa shape index (κ2) is 5.52. The molecule has 0 radical (unpaired) electrons. The lowest BCUT2D eigenvalue weighted by Crippen LogP contribution is -2.42. The Labute approximate surface area is 119 Å². The van der Waals surface area contributed by atoms with Gasteiger partial charge in [-0.25, -0.2) is 8.42 Å². The average Bonchev–Trinajstić information content (AvgIpc) is 2.74. The molecular formula is C13H22N2O2S2. The third-order valence-electron chi connectivity index (χ3n) is 4.04. The first-order valence-corrected chi connectivity index (χ1v) is 8.91. The molecular weight excluding hydrogens is 280 g/mol.